The van der Waals surface area contributed by atoms with Crippen molar-refractivity contribution in [2.45, 2.75) is 4.90 Å². The molecule has 2 aromatic rings. The number of rotatable bonds is 4. The summed E-state index contributed by atoms with van der Waals surface area (Å²) >= 11 is 6.63. The average Bonchev–Trinajstić information content (AvgIpc) is 2.47. The molecule has 2 aromatic carbocycles. The number of ether oxygens (including phenoxy) is 1. The third-order valence-corrected chi connectivity index (χ3v) is 5.90. The van der Waals surface area contributed by atoms with Crippen LogP contribution < -0.4 is 9.04 Å². The molecular formula is C14H13Br2NO3S. The summed E-state index contributed by atoms with van der Waals surface area (Å²) in [5.41, 5.74) is 0.588. The summed E-state index contributed by atoms with van der Waals surface area (Å²) in [5.74, 6) is 0.584. The number of hydrogen-bond acceptors (Lipinski definition) is 3. The largest absolute Gasteiger partial charge is 0.496 e. The Kier molecular flexibility index (Phi) is 4.95. The zero-order valence-electron chi connectivity index (χ0n) is 11.4. The predicted molar refractivity (Wildman–Crippen MR) is 90.4 cm³/mol. The maximum absolute atomic E-state index is 12.6. The molecule has 2 rings (SSSR count). The number of sulfonamides is 1. The Labute approximate surface area is 141 Å². The van der Waals surface area contributed by atoms with E-state index in [0.717, 1.165) is 4.47 Å². The van der Waals surface area contributed by atoms with E-state index >= 15 is 0 Å². The molecule has 0 N–H and O–H groups in total. The van der Waals surface area contributed by atoms with E-state index in [-0.39, 0.29) is 4.90 Å². The zero-order chi connectivity index (χ0) is 15.6. The number of benzene rings is 2. The van der Waals surface area contributed by atoms with Crippen LogP contribution in [0.1, 0.15) is 0 Å². The van der Waals surface area contributed by atoms with Crippen LogP contribution in [0, 0.1) is 0 Å². The van der Waals surface area contributed by atoms with Crippen molar-refractivity contribution in [1.82, 2.24) is 0 Å². The van der Waals surface area contributed by atoms with Crippen molar-refractivity contribution in [1.29, 1.82) is 0 Å². The Bertz CT molecular complexity index is 745. The molecule has 0 aliphatic rings. The van der Waals surface area contributed by atoms with Crippen LogP contribution >= 0.6 is 31.9 Å². The summed E-state index contributed by atoms with van der Waals surface area (Å²) in [7, 11) is -0.565. The first-order valence-electron chi connectivity index (χ1n) is 5.94. The number of anilines is 1. The minimum atomic E-state index is -3.62. The van der Waals surface area contributed by atoms with E-state index in [1.807, 2.05) is 0 Å². The van der Waals surface area contributed by atoms with Crippen molar-refractivity contribution >= 4 is 47.6 Å². The summed E-state index contributed by atoms with van der Waals surface area (Å²) in [6.45, 7) is 0. The summed E-state index contributed by atoms with van der Waals surface area (Å²) in [5, 5.41) is 0. The van der Waals surface area contributed by atoms with Crippen LogP contribution in [0.5, 0.6) is 5.75 Å². The van der Waals surface area contributed by atoms with E-state index in [0.29, 0.717) is 15.9 Å². The van der Waals surface area contributed by atoms with Crippen LogP contribution in [0.25, 0.3) is 0 Å². The van der Waals surface area contributed by atoms with Crippen LogP contribution in [-0.4, -0.2) is 22.6 Å². The van der Waals surface area contributed by atoms with E-state index in [2.05, 4.69) is 31.9 Å². The summed E-state index contributed by atoms with van der Waals surface area (Å²) in [4.78, 5) is 0.195. The van der Waals surface area contributed by atoms with Crippen molar-refractivity contribution in [2.75, 3.05) is 18.5 Å². The van der Waals surface area contributed by atoms with Gasteiger partial charge in [-0.05, 0) is 58.4 Å². The van der Waals surface area contributed by atoms with Gasteiger partial charge in [0.05, 0.1) is 22.2 Å². The van der Waals surface area contributed by atoms with E-state index in [9.17, 15) is 8.42 Å². The molecule has 4 nitrogen and oxygen atoms in total. The maximum atomic E-state index is 12.6. The lowest BCUT2D eigenvalue weighted by atomic mass is 10.3. The molecule has 0 bridgehead atoms. The number of hydrogen-bond donors (Lipinski definition) is 0. The second-order valence-electron chi connectivity index (χ2n) is 4.25. The zero-order valence-corrected chi connectivity index (χ0v) is 15.4. The highest BCUT2D eigenvalue weighted by Crippen LogP contribution is 2.30. The molecule has 0 unspecified atom stereocenters. The smallest absolute Gasteiger partial charge is 0.264 e. The van der Waals surface area contributed by atoms with Gasteiger partial charge in [-0.25, -0.2) is 8.42 Å². The van der Waals surface area contributed by atoms with Gasteiger partial charge in [0.25, 0.3) is 10.0 Å². The second kappa shape index (κ2) is 6.37. The van der Waals surface area contributed by atoms with E-state index in [4.69, 9.17) is 4.74 Å². The van der Waals surface area contributed by atoms with Crippen LogP contribution in [0.15, 0.2) is 56.3 Å². The van der Waals surface area contributed by atoms with E-state index in [1.165, 1.54) is 30.6 Å². The van der Waals surface area contributed by atoms with Gasteiger partial charge in [-0.15, -0.1) is 0 Å². The summed E-state index contributed by atoms with van der Waals surface area (Å²) in [6, 6.07) is 11.7. The Balaban J connectivity index is 2.41. The molecule has 0 aliphatic carbocycles. The van der Waals surface area contributed by atoms with Gasteiger partial charge in [0.15, 0.2) is 0 Å². The third-order valence-electron chi connectivity index (χ3n) is 2.97. The maximum Gasteiger partial charge on any atom is 0.264 e. The Hall–Kier alpha value is -1.05. The van der Waals surface area contributed by atoms with Gasteiger partial charge in [-0.1, -0.05) is 15.9 Å². The SMILES string of the molecule is COc1ccc(S(=O)(=O)N(C)c2ccc(Br)cc2)cc1Br. The normalized spacial score (nSPS) is 11.2. The van der Waals surface area contributed by atoms with Crippen molar-refractivity contribution in [2.24, 2.45) is 0 Å². The molecule has 0 saturated carbocycles. The second-order valence-corrected chi connectivity index (χ2v) is 7.98. The molecule has 0 radical (unpaired) electrons. The van der Waals surface area contributed by atoms with Crippen LogP contribution in [0.2, 0.25) is 0 Å². The lowest BCUT2D eigenvalue weighted by Crippen LogP contribution is -2.26. The van der Waals surface area contributed by atoms with Gasteiger partial charge in [0.2, 0.25) is 0 Å². The molecule has 0 aromatic heterocycles. The first-order chi connectivity index (χ1) is 9.86. The molecule has 0 saturated heterocycles. The Morgan fingerprint density at radius 3 is 2.19 bits per heavy atom. The first-order valence-corrected chi connectivity index (χ1v) is 8.97. The topological polar surface area (TPSA) is 46.6 Å². The molecule has 0 amide bonds. The van der Waals surface area contributed by atoms with Gasteiger partial charge in [0.1, 0.15) is 5.75 Å². The fraction of sp³-hybridized carbons (Fsp3) is 0.143. The summed E-state index contributed by atoms with van der Waals surface area (Å²) in [6.07, 6.45) is 0. The fourth-order valence-electron chi connectivity index (χ4n) is 1.76. The van der Waals surface area contributed by atoms with Crippen LogP contribution in [0.3, 0.4) is 0 Å². The van der Waals surface area contributed by atoms with Crippen molar-refractivity contribution < 1.29 is 13.2 Å². The molecule has 0 atom stereocenters. The first kappa shape index (κ1) is 16.3. The number of halogens is 2. The Morgan fingerprint density at radius 1 is 1.05 bits per heavy atom. The molecule has 112 valence electrons. The molecule has 0 spiro atoms. The van der Waals surface area contributed by atoms with Gasteiger partial charge in [0, 0.05) is 11.5 Å². The monoisotopic (exact) mass is 433 g/mol. The van der Waals surface area contributed by atoms with E-state index in [1.54, 1.807) is 30.3 Å². The molecule has 0 aliphatic heterocycles. The molecule has 0 fully saturated rings. The lowest BCUT2D eigenvalue weighted by molar-refractivity contribution is 0.411. The quantitative estimate of drug-likeness (QED) is 0.729. The van der Waals surface area contributed by atoms with Gasteiger partial charge in [-0.2, -0.15) is 0 Å². The highest BCUT2D eigenvalue weighted by atomic mass is 79.9. The average molecular weight is 435 g/mol. The fourth-order valence-corrected chi connectivity index (χ4v) is 3.93. The van der Waals surface area contributed by atoms with Crippen LogP contribution in [-0.2, 0) is 10.0 Å². The van der Waals surface area contributed by atoms with Gasteiger partial charge in [-0.3, -0.25) is 4.31 Å². The predicted octanol–water partition coefficient (Wildman–Crippen LogP) is 4.05. The third kappa shape index (κ3) is 3.41. The molecule has 7 heteroatoms. The van der Waals surface area contributed by atoms with Gasteiger partial charge >= 0.3 is 0 Å². The van der Waals surface area contributed by atoms with Crippen molar-refractivity contribution in [3.63, 3.8) is 0 Å². The lowest BCUT2D eigenvalue weighted by Gasteiger charge is -2.20. The molecular weight excluding hydrogens is 422 g/mol. The number of nitrogens with zero attached hydrogens (tertiary/aromatic N) is 1. The van der Waals surface area contributed by atoms with E-state index < -0.39 is 10.0 Å². The van der Waals surface area contributed by atoms with Gasteiger partial charge < -0.3 is 4.74 Å². The molecule has 21 heavy (non-hydrogen) atoms. The van der Waals surface area contributed by atoms with Crippen molar-refractivity contribution in [3.05, 3.63) is 51.4 Å². The van der Waals surface area contributed by atoms with Crippen LogP contribution in [0.4, 0.5) is 5.69 Å². The summed E-state index contributed by atoms with van der Waals surface area (Å²) < 4.78 is 33.1. The number of methoxy groups -OCH3 is 1. The highest BCUT2D eigenvalue weighted by Gasteiger charge is 2.22. The molecule has 0 heterocycles. The standard InChI is InChI=1S/C14H13Br2NO3S/c1-17(11-5-3-10(15)4-6-11)21(18,19)12-7-8-14(20-2)13(16)9-12/h3-9H,1-2H3. The minimum absolute atomic E-state index is 0.195. The van der Waals surface area contributed by atoms with Crippen molar-refractivity contribution in [3.8, 4) is 5.75 Å². The highest BCUT2D eigenvalue weighted by molar-refractivity contribution is 9.10. The minimum Gasteiger partial charge on any atom is -0.496 e. The Morgan fingerprint density at radius 2 is 1.67 bits per heavy atom.